The molecule has 118 valence electrons. The molecule has 0 amide bonds. The van der Waals surface area contributed by atoms with Gasteiger partial charge in [0.15, 0.2) is 5.65 Å². The van der Waals surface area contributed by atoms with Crippen LogP contribution in [0.3, 0.4) is 0 Å². The number of hydrogen-bond acceptors (Lipinski definition) is 5. The van der Waals surface area contributed by atoms with E-state index in [4.69, 9.17) is 0 Å². The average Bonchev–Trinajstić information content (AvgIpc) is 2.96. The maximum atomic E-state index is 4.63. The zero-order chi connectivity index (χ0) is 15.8. The smallest absolute Gasteiger partial charge is 0.169 e. The molecular formula is C16H17BrN6. The van der Waals surface area contributed by atoms with Gasteiger partial charge in [0.1, 0.15) is 5.82 Å². The lowest BCUT2D eigenvalue weighted by atomic mass is 10.1. The summed E-state index contributed by atoms with van der Waals surface area (Å²) >= 11 is 3.44. The number of pyridine rings is 1. The zero-order valence-corrected chi connectivity index (χ0v) is 14.4. The van der Waals surface area contributed by atoms with Crippen LogP contribution in [0.2, 0.25) is 0 Å². The second kappa shape index (κ2) is 5.90. The molecule has 0 N–H and O–H groups in total. The fraction of sp³-hybridized carbons (Fsp3) is 0.312. The van der Waals surface area contributed by atoms with Gasteiger partial charge in [0, 0.05) is 55.9 Å². The molecular weight excluding hydrogens is 356 g/mol. The molecule has 3 aromatic rings. The van der Waals surface area contributed by atoms with Crippen molar-refractivity contribution in [2.45, 2.75) is 0 Å². The van der Waals surface area contributed by atoms with E-state index in [0.29, 0.717) is 0 Å². The largest absolute Gasteiger partial charge is 0.354 e. The molecule has 0 radical (unpaired) electrons. The van der Waals surface area contributed by atoms with Crippen LogP contribution in [0.1, 0.15) is 0 Å². The summed E-state index contributed by atoms with van der Waals surface area (Å²) in [7, 11) is 2.16. The van der Waals surface area contributed by atoms with E-state index in [9.17, 15) is 0 Å². The Morgan fingerprint density at radius 2 is 1.74 bits per heavy atom. The summed E-state index contributed by atoms with van der Waals surface area (Å²) in [4.78, 5) is 13.7. The standard InChI is InChI=1S/C16H17BrN6/c1-21-4-6-22(7-5-21)15-3-2-12(8-18-15)13-9-19-16-14(17)10-20-23(16)11-13/h2-3,8-11H,4-7H2,1H3. The van der Waals surface area contributed by atoms with Gasteiger partial charge in [-0.2, -0.15) is 5.10 Å². The molecule has 1 saturated heterocycles. The number of halogens is 1. The fourth-order valence-corrected chi connectivity index (χ4v) is 3.15. The quantitative estimate of drug-likeness (QED) is 0.690. The lowest BCUT2D eigenvalue weighted by Crippen LogP contribution is -2.44. The summed E-state index contributed by atoms with van der Waals surface area (Å²) in [6.45, 7) is 4.21. The Kier molecular flexibility index (Phi) is 3.74. The molecule has 7 heteroatoms. The SMILES string of the molecule is CN1CCN(c2ccc(-c3cnc4c(Br)cnn4c3)cn2)CC1. The maximum absolute atomic E-state index is 4.63. The molecule has 0 atom stereocenters. The first kappa shape index (κ1) is 14.6. The van der Waals surface area contributed by atoms with Crippen LogP contribution < -0.4 is 4.90 Å². The van der Waals surface area contributed by atoms with Crippen molar-refractivity contribution in [3.8, 4) is 11.1 Å². The van der Waals surface area contributed by atoms with Gasteiger partial charge >= 0.3 is 0 Å². The average molecular weight is 373 g/mol. The molecule has 0 unspecified atom stereocenters. The molecule has 0 aromatic carbocycles. The summed E-state index contributed by atoms with van der Waals surface area (Å²) in [5, 5.41) is 4.28. The predicted molar refractivity (Wildman–Crippen MR) is 93.6 cm³/mol. The minimum absolute atomic E-state index is 0.816. The van der Waals surface area contributed by atoms with Crippen LogP contribution in [0.4, 0.5) is 5.82 Å². The van der Waals surface area contributed by atoms with Crippen molar-refractivity contribution >= 4 is 27.4 Å². The summed E-state index contributed by atoms with van der Waals surface area (Å²) in [6.07, 6.45) is 7.49. The van der Waals surface area contributed by atoms with Crippen molar-refractivity contribution in [3.63, 3.8) is 0 Å². The summed E-state index contributed by atoms with van der Waals surface area (Å²) in [5.41, 5.74) is 2.87. The highest BCUT2D eigenvalue weighted by Crippen LogP contribution is 2.23. The van der Waals surface area contributed by atoms with Gasteiger partial charge in [-0.3, -0.25) is 0 Å². The minimum Gasteiger partial charge on any atom is -0.354 e. The second-order valence-corrected chi connectivity index (χ2v) is 6.65. The van der Waals surface area contributed by atoms with Crippen molar-refractivity contribution in [2.24, 2.45) is 0 Å². The highest BCUT2D eigenvalue weighted by Gasteiger charge is 2.15. The summed E-state index contributed by atoms with van der Waals surface area (Å²) in [5.74, 6) is 1.04. The molecule has 0 aliphatic carbocycles. The first-order valence-corrected chi connectivity index (χ1v) is 8.39. The Balaban J connectivity index is 1.59. The number of fused-ring (bicyclic) bond motifs is 1. The number of anilines is 1. The second-order valence-electron chi connectivity index (χ2n) is 5.80. The molecule has 4 rings (SSSR count). The molecule has 0 bridgehead atoms. The molecule has 1 aliphatic rings. The third-order valence-electron chi connectivity index (χ3n) is 4.22. The molecule has 3 aromatic heterocycles. The van der Waals surface area contributed by atoms with Gasteiger partial charge < -0.3 is 9.80 Å². The molecule has 0 saturated carbocycles. The van der Waals surface area contributed by atoms with Crippen molar-refractivity contribution in [1.29, 1.82) is 0 Å². The Hall–Kier alpha value is -1.99. The van der Waals surface area contributed by atoms with E-state index in [2.05, 4.69) is 60.0 Å². The highest BCUT2D eigenvalue weighted by atomic mass is 79.9. The van der Waals surface area contributed by atoms with E-state index in [1.807, 2.05) is 18.6 Å². The van der Waals surface area contributed by atoms with Crippen molar-refractivity contribution < 1.29 is 0 Å². The van der Waals surface area contributed by atoms with Crippen LogP contribution in [0.25, 0.3) is 16.8 Å². The molecule has 4 heterocycles. The molecule has 0 spiro atoms. The van der Waals surface area contributed by atoms with Gasteiger partial charge in [-0.25, -0.2) is 14.5 Å². The van der Waals surface area contributed by atoms with Crippen LogP contribution in [0.15, 0.2) is 41.4 Å². The number of aromatic nitrogens is 4. The molecule has 1 aliphatic heterocycles. The number of likely N-dealkylation sites (N-methyl/N-ethyl adjacent to an activating group) is 1. The van der Waals surface area contributed by atoms with Gasteiger partial charge in [0.2, 0.25) is 0 Å². The zero-order valence-electron chi connectivity index (χ0n) is 12.9. The van der Waals surface area contributed by atoms with Crippen LogP contribution >= 0.6 is 15.9 Å². The fourth-order valence-electron chi connectivity index (χ4n) is 2.77. The molecule has 1 fully saturated rings. The van der Waals surface area contributed by atoms with Crippen molar-refractivity contribution in [1.82, 2.24) is 24.5 Å². The Bertz CT molecular complexity index is 820. The third kappa shape index (κ3) is 2.82. The maximum Gasteiger partial charge on any atom is 0.169 e. The van der Waals surface area contributed by atoms with Crippen LogP contribution in [0.5, 0.6) is 0 Å². The molecule has 6 nitrogen and oxygen atoms in total. The topological polar surface area (TPSA) is 49.6 Å². The molecule has 23 heavy (non-hydrogen) atoms. The number of nitrogens with zero attached hydrogens (tertiary/aromatic N) is 6. The van der Waals surface area contributed by atoms with Crippen molar-refractivity contribution in [3.05, 3.63) is 41.4 Å². The normalized spacial score (nSPS) is 16.2. The van der Waals surface area contributed by atoms with E-state index in [0.717, 1.165) is 53.2 Å². The van der Waals surface area contributed by atoms with E-state index >= 15 is 0 Å². The number of piperazine rings is 1. The first-order chi connectivity index (χ1) is 11.2. The van der Waals surface area contributed by atoms with Gasteiger partial charge in [0.05, 0.1) is 10.7 Å². The van der Waals surface area contributed by atoms with E-state index in [-0.39, 0.29) is 0 Å². The number of hydrogen-bond donors (Lipinski definition) is 0. The summed E-state index contributed by atoms with van der Waals surface area (Å²) < 4.78 is 2.67. The van der Waals surface area contributed by atoms with Gasteiger partial charge in [0.25, 0.3) is 0 Å². The monoisotopic (exact) mass is 372 g/mol. The first-order valence-electron chi connectivity index (χ1n) is 7.59. The Morgan fingerprint density at radius 3 is 2.48 bits per heavy atom. The van der Waals surface area contributed by atoms with Gasteiger partial charge in [-0.1, -0.05) is 0 Å². The summed E-state index contributed by atoms with van der Waals surface area (Å²) in [6, 6.07) is 4.19. The number of rotatable bonds is 2. The third-order valence-corrected chi connectivity index (χ3v) is 4.78. The lowest BCUT2D eigenvalue weighted by molar-refractivity contribution is 0.312. The Morgan fingerprint density at radius 1 is 0.957 bits per heavy atom. The van der Waals surface area contributed by atoms with Crippen LogP contribution in [-0.2, 0) is 0 Å². The Labute approximate surface area is 142 Å². The minimum atomic E-state index is 0.816. The van der Waals surface area contributed by atoms with Crippen LogP contribution in [0, 0.1) is 0 Å². The van der Waals surface area contributed by atoms with Crippen molar-refractivity contribution in [2.75, 3.05) is 38.1 Å². The predicted octanol–water partition coefficient (Wildman–Crippen LogP) is 2.31. The van der Waals surface area contributed by atoms with Gasteiger partial charge in [-0.05, 0) is 35.1 Å². The van der Waals surface area contributed by atoms with Crippen LogP contribution in [-0.4, -0.2) is 57.7 Å². The van der Waals surface area contributed by atoms with E-state index in [1.54, 1.807) is 10.7 Å². The van der Waals surface area contributed by atoms with E-state index in [1.165, 1.54) is 0 Å². The van der Waals surface area contributed by atoms with Gasteiger partial charge in [-0.15, -0.1) is 0 Å². The van der Waals surface area contributed by atoms with E-state index < -0.39 is 0 Å². The highest BCUT2D eigenvalue weighted by molar-refractivity contribution is 9.10. The lowest BCUT2D eigenvalue weighted by Gasteiger charge is -2.33.